The number of ether oxygens (including phenoxy) is 2. The Hall–Kier alpha value is -3.02. The topological polar surface area (TPSA) is 67.9 Å². The number of anilines is 2. The van der Waals surface area contributed by atoms with Crippen molar-refractivity contribution in [2.75, 3.05) is 24.4 Å². The molecule has 6 nitrogen and oxygen atoms in total. The fourth-order valence-corrected chi connectivity index (χ4v) is 3.10. The van der Waals surface area contributed by atoms with Crippen molar-refractivity contribution in [3.05, 3.63) is 48.0 Å². The summed E-state index contributed by atoms with van der Waals surface area (Å²) in [5.41, 5.74) is 2.31. The molecule has 0 aliphatic carbocycles. The number of hydrogen-bond donors (Lipinski definition) is 1. The van der Waals surface area contributed by atoms with Gasteiger partial charge in [0.05, 0.1) is 19.9 Å². The molecule has 1 N–H and O–H groups in total. The van der Waals surface area contributed by atoms with Crippen LogP contribution in [0.15, 0.2) is 42.5 Å². The molecule has 1 heterocycles. The maximum atomic E-state index is 12.8. The zero-order valence-corrected chi connectivity index (χ0v) is 14.4. The number of nitrogens with one attached hydrogen (secondary N) is 1. The minimum atomic E-state index is -0.582. The van der Waals surface area contributed by atoms with E-state index in [0.717, 1.165) is 11.3 Å². The molecule has 2 amide bonds. The lowest BCUT2D eigenvalue weighted by Crippen LogP contribution is -2.44. The average Bonchev–Trinajstić information content (AvgIpc) is 3.02. The second-order valence-corrected chi connectivity index (χ2v) is 5.79. The number of rotatable bonds is 4. The summed E-state index contributed by atoms with van der Waals surface area (Å²) in [6.45, 7) is 1.47. The number of methoxy groups -OCH3 is 2. The van der Waals surface area contributed by atoms with Crippen molar-refractivity contribution in [1.82, 2.24) is 0 Å². The van der Waals surface area contributed by atoms with Gasteiger partial charge in [-0.3, -0.25) is 14.5 Å². The summed E-state index contributed by atoms with van der Waals surface area (Å²) in [5, 5.41) is 2.86. The van der Waals surface area contributed by atoms with E-state index in [1.165, 1.54) is 14.0 Å². The van der Waals surface area contributed by atoms with E-state index in [-0.39, 0.29) is 11.8 Å². The SMILES string of the molecule is COc1ccc(NC(=O)[C@H]2Cc3ccccc3N2C(C)=O)c(OC)c1. The molecular weight excluding hydrogens is 320 g/mol. The van der Waals surface area contributed by atoms with E-state index >= 15 is 0 Å². The Labute approximate surface area is 146 Å². The molecule has 0 aromatic heterocycles. The quantitative estimate of drug-likeness (QED) is 0.929. The molecule has 0 unspecified atom stereocenters. The molecular formula is C19H20N2O4. The first-order valence-electron chi connectivity index (χ1n) is 7.95. The van der Waals surface area contributed by atoms with E-state index in [9.17, 15) is 9.59 Å². The fraction of sp³-hybridized carbons (Fsp3) is 0.263. The molecule has 0 fully saturated rings. The van der Waals surface area contributed by atoms with Gasteiger partial charge >= 0.3 is 0 Å². The predicted octanol–water partition coefficient (Wildman–Crippen LogP) is 2.62. The molecule has 1 aliphatic rings. The third kappa shape index (κ3) is 3.15. The second-order valence-electron chi connectivity index (χ2n) is 5.79. The summed E-state index contributed by atoms with van der Waals surface area (Å²) in [4.78, 5) is 26.5. The Morgan fingerprint density at radius 1 is 1.12 bits per heavy atom. The average molecular weight is 340 g/mol. The van der Waals surface area contributed by atoms with Crippen molar-refractivity contribution in [3.8, 4) is 11.5 Å². The van der Waals surface area contributed by atoms with Crippen LogP contribution in [0.4, 0.5) is 11.4 Å². The van der Waals surface area contributed by atoms with Gasteiger partial charge in [0.2, 0.25) is 11.8 Å². The number of hydrogen-bond acceptors (Lipinski definition) is 4. The van der Waals surface area contributed by atoms with Crippen molar-refractivity contribution in [2.24, 2.45) is 0 Å². The van der Waals surface area contributed by atoms with Crippen molar-refractivity contribution < 1.29 is 19.1 Å². The van der Waals surface area contributed by atoms with E-state index in [1.807, 2.05) is 24.3 Å². The van der Waals surface area contributed by atoms with Gasteiger partial charge in [0, 0.05) is 25.1 Å². The minimum absolute atomic E-state index is 0.160. The van der Waals surface area contributed by atoms with Gasteiger partial charge in [-0.05, 0) is 23.8 Å². The van der Waals surface area contributed by atoms with E-state index in [4.69, 9.17) is 9.47 Å². The first-order chi connectivity index (χ1) is 12.0. The lowest BCUT2D eigenvalue weighted by Gasteiger charge is -2.23. The number of carbonyl (C=O) groups is 2. The summed E-state index contributed by atoms with van der Waals surface area (Å²) in [7, 11) is 3.09. The van der Waals surface area contributed by atoms with Crippen molar-refractivity contribution in [3.63, 3.8) is 0 Å². The number of carbonyl (C=O) groups excluding carboxylic acids is 2. The van der Waals surface area contributed by atoms with Gasteiger partial charge < -0.3 is 14.8 Å². The van der Waals surface area contributed by atoms with Gasteiger partial charge in [0.1, 0.15) is 17.5 Å². The lowest BCUT2D eigenvalue weighted by molar-refractivity contribution is -0.122. The van der Waals surface area contributed by atoms with Crippen LogP contribution >= 0.6 is 0 Å². The minimum Gasteiger partial charge on any atom is -0.497 e. The molecule has 6 heteroatoms. The molecule has 130 valence electrons. The van der Waals surface area contributed by atoms with Crippen LogP contribution in [0.1, 0.15) is 12.5 Å². The highest BCUT2D eigenvalue weighted by molar-refractivity contribution is 6.07. The standard InChI is InChI=1S/C19H20N2O4/c1-12(22)21-16-7-5-4-6-13(16)10-17(21)19(23)20-15-9-8-14(24-2)11-18(15)25-3/h4-9,11,17H,10H2,1-3H3,(H,20,23)/t17-/m1/s1. The summed E-state index contributed by atoms with van der Waals surface area (Å²) in [6.07, 6.45) is 0.486. The lowest BCUT2D eigenvalue weighted by atomic mass is 10.1. The van der Waals surface area contributed by atoms with Crippen LogP contribution in [0, 0.1) is 0 Å². The van der Waals surface area contributed by atoms with Gasteiger partial charge in [-0.1, -0.05) is 18.2 Å². The third-order valence-corrected chi connectivity index (χ3v) is 4.28. The van der Waals surface area contributed by atoms with Gasteiger partial charge in [-0.25, -0.2) is 0 Å². The molecule has 1 aliphatic heterocycles. The van der Waals surface area contributed by atoms with Crippen LogP contribution in [0.25, 0.3) is 0 Å². The highest BCUT2D eigenvalue weighted by Gasteiger charge is 2.36. The number of nitrogens with zero attached hydrogens (tertiary/aromatic N) is 1. The second kappa shape index (κ2) is 6.84. The van der Waals surface area contributed by atoms with Crippen LogP contribution in [0.2, 0.25) is 0 Å². The molecule has 0 saturated carbocycles. The molecule has 0 bridgehead atoms. The van der Waals surface area contributed by atoms with Gasteiger partial charge in [-0.2, -0.15) is 0 Å². The Bertz CT molecular complexity index is 819. The highest BCUT2D eigenvalue weighted by atomic mass is 16.5. The van der Waals surface area contributed by atoms with Crippen molar-refractivity contribution in [1.29, 1.82) is 0 Å². The molecule has 0 saturated heterocycles. The highest BCUT2D eigenvalue weighted by Crippen LogP contribution is 2.34. The molecule has 3 rings (SSSR count). The van der Waals surface area contributed by atoms with Gasteiger partial charge in [-0.15, -0.1) is 0 Å². The van der Waals surface area contributed by atoms with E-state index in [2.05, 4.69) is 5.32 Å². The van der Waals surface area contributed by atoms with Gasteiger partial charge in [0.25, 0.3) is 0 Å². The van der Waals surface area contributed by atoms with E-state index in [0.29, 0.717) is 23.6 Å². The normalized spacial score (nSPS) is 15.5. The molecule has 0 spiro atoms. The number of para-hydroxylation sites is 1. The Balaban J connectivity index is 1.86. The maximum Gasteiger partial charge on any atom is 0.248 e. The smallest absolute Gasteiger partial charge is 0.248 e. The molecule has 0 radical (unpaired) electrons. The van der Waals surface area contributed by atoms with E-state index in [1.54, 1.807) is 30.2 Å². The molecule has 2 aromatic rings. The summed E-state index contributed by atoms with van der Waals surface area (Å²) >= 11 is 0. The molecule has 25 heavy (non-hydrogen) atoms. The van der Waals surface area contributed by atoms with Crippen LogP contribution in [-0.4, -0.2) is 32.1 Å². The summed E-state index contributed by atoms with van der Waals surface area (Å²) in [6, 6.07) is 12.1. The Morgan fingerprint density at radius 3 is 2.56 bits per heavy atom. The zero-order valence-electron chi connectivity index (χ0n) is 14.4. The van der Waals surface area contributed by atoms with Crippen LogP contribution < -0.4 is 19.7 Å². The number of fused-ring (bicyclic) bond motifs is 1. The van der Waals surface area contributed by atoms with E-state index < -0.39 is 6.04 Å². The Morgan fingerprint density at radius 2 is 1.88 bits per heavy atom. The molecule has 1 atom stereocenters. The van der Waals surface area contributed by atoms with Crippen LogP contribution in [0.3, 0.4) is 0 Å². The zero-order chi connectivity index (χ0) is 18.0. The third-order valence-electron chi connectivity index (χ3n) is 4.28. The van der Waals surface area contributed by atoms with Crippen molar-refractivity contribution >= 4 is 23.2 Å². The van der Waals surface area contributed by atoms with Crippen LogP contribution in [-0.2, 0) is 16.0 Å². The van der Waals surface area contributed by atoms with Crippen molar-refractivity contribution in [2.45, 2.75) is 19.4 Å². The summed E-state index contributed by atoms with van der Waals surface area (Å²) in [5.74, 6) is 0.715. The summed E-state index contributed by atoms with van der Waals surface area (Å²) < 4.78 is 10.5. The number of benzene rings is 2. The van der Waals surface area contributed by atoms with Gasteiger partial charge in [0.15, 0.2) is 0 Å². The molecule has 2 aromatic carbocycles. The fourth-order valence-electron chi connectivity index (χ4n) is 3.10. The van der Waals surface area contributed by atoms with Crippen LogP contribution in [0.5, 0.6) is 11.5 Å². The first-order valence-corrected chi connectivity index (χ1v) is 7.95. The number of amides is 2. The maximum absolute atomic E-state index is 12.8. The predicted molar refractivity (Wildman–Crippen MR) is 95.3 cm³/mol. The Kier molecular flexibility index (Phi) is 4.61. The monoisotopic (exact) mass is 340 g/mol. The largest absolute Gasteiger partial charge is 0.497 e. The first kappa shape index (κ1) is 16.8.